The molecule has 0 bridgehead atoms. The van der Waals surface area contributed by atoms with E-state index >= 15 is 0 Å². The van der Waals surface area contributed by atoms with Crippen molar-refractivity contribution in [3.63, 3.8) is 0 Å². The van der Waals surface area contributed by atoms with E-state index in [1.165, 1.54) is 22.8 Å². The minimum Gasteiger partial charge on any atom is -0.493 e. The molecule has 4 aliphatic rings. The van der Waals surface area contributed by atoms with Crippen molar-refractivity contribution in [3.05, 3.63) is 87.5 Å². The summed E-state index contributed by atoms with van der Waals surface area (Å²) in [6.45, 7) is 3.60. The molecule has 1 aromatic carbocycles. The maximum Gasteiger partial charge on any atom is 0.227 e. The fourth-order valence-electron chi connectivity index (χ4n) is 5.84. The Kier molecular flexibility index (Phi) is 7.46. The highest BCUT2D eigenvalue weighted by Crippen LogP contribution is 2.38. The fourth-order valence-corrected chi connectivity index (χ4v) is 5.94. The van der Waals surface area contributed by atoms with Crippen molar-refractivity contribution < 1.29 is 18.7 Å². The molecule has 2 aromatic heterocycles. The molecule has 0 spiro atoms. The monoisotopic (exact) mass is 602 g/mol. The maximum atomic E-state index is 14.9. The lowest BCUT2D eigenvalue weighted by Crippen LogP contribution is -2.39. The van der Waals surface area contributed by atoms with Gasteiger partial charge >= 0.3 is 0 Å². The van der Waals surface area contributed by atoms with Gasteiger partial charge in [0.2, 0.25) is 11.9 Å². The zero-order valence-electron chi connectivity index (χ0n) is 23.8. The van der Waals surface area contributed by atoms with Crippen molar-refractivity contribution in [2.45, 2.75) is 51.6 Å². The Morgan fingerprint density at radius 3 is 2.60 bits per heavy atom. The number of imidazole rings is 1. The quantitative estimate of drug-likeness (QED) is 0.320. The number of hydrogen-bond donors (Lipinski definition) is 0. The molecule has 9 nitrogen and oxygen atoms in total. The van der Waals surface area contributed by atoms with Gasteiger partial charge in [0.25, 0.3) is 0 Å². The molecule has 43 heavy (non-hydrogen) atoms. The molecule has 1 amide bonds. The smallest absolute Gasteiger partial charge is 0.227 e. The van der Waals surface area contributed by atoms with Gasteiger partial charge in [0.05, 0.1) is 37.0 Å². The van der Waals surface area contributed by atoms with Crippen LogP contribution in [0.1, 0.15) is 54.0 Å². The number of carbonyl (C=O) groups is 2. The largest absolute Gasteiger partial charge is 0.493 e. The summed E-state index contributed by atoms with van der Waals surface area (Å²) < 4.78 is 22.7. The summed E-state index contributed by atoms with van der Waals surface area (Å²) in [6, 6.07) is 4.71. The Morgan fingerprint density at radius 1 is 1.07 bits per heavy atom. The minimum atomic E-state index is -0.452. The van der Waals surface area contributed by atoms with Crippen LogP contribution in [-0.2, 0) is 24.3 Å². The number of nitrogens with zero attached hydrogens (tertiary/aromatic N) is 6. The number of halogens is 2. The minimum absolute atomic E-state index is 0.0356. The van der Waals surface area contributed by atoms with Crippen molar-refractivity contribution in [1.29, 1.82) is 0 Å². The molecule has 2 aliphatic heterocycles. The van der Waals surface area contributed by atoms with Crippen LogP contribution in [0, 0.1) is 11.7 Å². The number of ether oxygens (including phenoxy) is 1. The Morgan fingerprint density at radius 2 is 1.86 bits per heavy atom. The van der Waals surface area contributed by atoms with Gasteiger partial charge in [-0.25, -0.2) is 19.3 Å². The number of ketones is 1. The molecule has 1 saturated heterocycles. The molecule has 3 aromatic rings. The molecule has 2 aliphatic carbocycles. The zero-order valence-corrected chi connectivity index (χ0v) is 24.5. The molecule has 0 radical (unpaired) electrons. The van der Waals surface area contributed by atoms with E-state index < -0.39 is 5.82 Å². The third-order valence-electron chi connectivity index (χ3n) is 8.58. The highest BCUT2D eigenvalue weighted by Gasteiger charge is 2.33. The number of anilines is 1. The lowest BCUT2D eigenvalue weighted by Gasteiger charge is -2.28. The zero-order chi connectivity index (χ0) is 29.5. The summed E-state index contributed by atoms with van der Waals surface area (Å²) in [5.41, 5.74) is 4.91. The summed E-state index contributed by atoms with van der Waals surface area (Å²) >= 11 is 5.90. The Bertz CT molecular complexity index is 1630. The molecule has 11 heteroatoms. The molecule has 222 valence electrons. The molecule has 1 saturated carbocycles. The standard InChI is InChI=1S/C32H32ClFN6O3/c33-24-16-35-32(36-17-24)38-8-5-20(6-9-38)26-13-22(26)7-12-43-25-4-3-23(27(34)15-25)14-30(41)40-11-10-39-18-28(37-29(39)19-40)31(42)21-1-2-21/h3-4,13,15-18,21H,1-2,5-12,14,19H2. The fraction of sp³-hybridized carbons (Fsp3) is 0.406. The third-order valence-corrected chi connectivity index (χ3v) is 8.78. The number of allylic oxidation sites excluding steroid dienone is 2. The predicted molar refractivity (Wildman–Crippen MR) is 159 cm³/mol. The molecule has 2 fully saturated rings. The van der Waals surface area contributed by atoms with Crippen LogP contribution in [-0.4, -0.2) is 62.4 Å². The number of fused-ring (bicyclic) bond motifs is 1. The van der Waals surface area contributed by atoms with Crippen LogP contribution in [0.2, 0.25) is 5.02 Å². The van der Waals surface area contributed by atoms with Crippen molar-refractivity contribution in [1.82, 2.24) is 24.4 Å². The Labute approximate surface area is 254 Å². The van der Waals surface area contributed by atoms with Crippen LogP contribution in [0.3, 0.4) is 0 Å². The van der Waals surface area contributed by atoms with Gasteiger partial charge in [-0.05, 0) is 48.5 Å². The van der Waals surface area contributed by atoms with Gasteiger partial charge in [0.15, 0.2) is 5.78 Å². The van der Waals surface area contributed by atoms with Crippen LogP contribution < -0.4 is 9.64 Å². The first-order valence-corrected chi connectivity index (χ1v) is 15.2. The average molecular weight is 603 g/mol. The second-order valence-electron chi connectivity index (χ2n) is 11.6. The van der Waals surface area contributed by atoms with E-state index in [1.54, 1.807) is 35.6 Å². The van der Waals surface area contributed by atoms with E-state index in [9.17, 15) is 14.0 Å². The number of rotatable bonds is 9. The van der Waals surface area contributed by atoms with Gasteiger partial charge in [-0.15, -0.1) is 0 Å². The van der Waals surface area contributed by atoms with Crippen molar-refractivity contribution in [2.24, 2.45) is 5.92 Å². The van der Waals surface area contributed by atoms with E-state index in [4.69, 9.17) is 16.3 Å². The molecular weight excluding hydrogens is 571 g/mol. The number of aromatic nitrogens is 4. The van der Waals surface area contributed by atoms with E-state index in [1.807, 2.05) is 4.57 Å². The number of hydrogen-bond acceptors (Lipinski definition) is 7. The SMILES string of the molecule is O=C(c1cn2c(n1)CN(C(=O)Cc1ccc(OCCC3=CC3=C3CCN(c4ncc(Cl)cn4)CC3)cc1F)CC2)C1CC1. The van der Waals surface area contributed by atoms with Gasteiger partial charge in [0, 0.05) is 50.8 Å². The van der Waals surface area contributed by atoms with Crippen LogP contribution in [0.15, 0.2) is 59.6 Å². The maximum absolute atomic E-state index is 14.9. The van der Waals surface area contributed by atoms with Crippen LogP contribution in [0.4, 0.5) is 10.3 Å². The molecule has 7 rings (SSSR count). The number of amides is 1. The summed E-state index contributed by atoms with van der Waals surface area (Å²) in [6.07, 6.45) is 11.8. The van der Waals surface area contributed by atoms with E-state index in [0.717, 1.165) is 45.2 Å². The summed E-state index contributed by atoms with van der Waals surface area (Å²) in [7, 11) is 0. The molecule has 4 heterocycles. The van der Waals surface area contributed by atoms with E-state index in [2.05, 4.69) is 25.9 Å². The first kappa shape index (κ1) is 27.8. The molecule has 0 N–H and O–H groups in total. The number of piperidine rings is 1. The normalized spacial score (nSPS) is 18.0. The van der Waals surface area contributed by atoms with Crippen molar-refractivity contribution in [3.8, 4) is 5.75 Å². The lowest BCUT2D eigenvalue weighted by molar-refractivity contribution is -0.132. The van der Waals surface area contributed by atoms with Crippen LogP contribution in [0.25, 0.3) is 0 Å². The van der Waals surface area contributed by atoms with Gasteiger partial charge < -0.3 is 19.1 Å². The summed E-state index contributed by atoms with van der Waals surface area (Å²) in [5.74, 6) is 1.46. The van der Waals surface area contributed by atoms with E-state index in [-0.39, 0.29) is 24.0 Å². The van der Waals surface area contributed by atoms with Gasteiger partial charge in [-0.2, -0.15) is 0 Å². The highest BCUT2D eigenvalue weighted by atomic mass is 35.5. The highest BCUT2D eigenvalue weighted by molar-refractivity contribution is 6.30. The van der Waals surface area contributed by atoms with Crippen molar-refractivity contribution in [2.75, 3.05) is 31.1 Å². The summed E-state index contributed by atoms with van der Waals surface area (Å²) in [5, 5.41) is 0.534. The second-order valence-corrected chi connectivity index (χ2v) is 12.0. The second kappa shape index (κ2) is 11.6. The lowest BCUT2D eigenvalue weighted by atomic mass is 10.0. The van der Waals surface area contributed by atoms with Gasteiger partial charge in [0.1, 0.15) is 23.1 Å². The average Bonchev–Trinajstić information content (AvgIpc) is 3.95. The molecule has 0 unspecified atom stereocenters. The predicted octanol–water partition coefficient (Wildman–Crippen LogP) is 4.95. The van der Waals surface area contributed by atoms with Crippen LogP contribution >= 0.6 is 11.6 Å². The van der Waals surface area contributed by atoms with Gasteiger partial charge in [-0.3, -0.25) is 9.59 Å². The molecular formula is C32H32ClFN6O3. The third kappa shape index (κ3) is 6.20. The Balaban J connectivity index is 0.864. The Hall–Kier alpha value is -4.05. The topological polar surface area (TPSA) is 93.5 Å². The van der Waals surface area contributed by atoms with Crippen molar-refractivity contribution >= 4 is 29.2 Å². The first-order valence-electron chi connectivity index (χ1n) is 14.9. The number of benzene rings is 1. The van der Waals surface area contributed by atoms with Crippen LogP contribution in [0.5, 0.6) is 5.75 Å². The number of Topliss-reactive ketones (excluding diaryl/α,β-unsaturated/α-hetero) is 1. The number of carbonyl (C=O) groups excluding carboxylic acids is 2. The summed E-state index contributed by atoms with van der Waals surface area (Å²) in [4.78, 5) is 42.3. The van der Waals surface area contributed by atoms with E-state index in [0.29, 0.717) is 60.0 Å². The first-order chi connectivity index (χ1) is 20.9. The van der Waals surface area contributed by atoms with Gasteiger partial charge in [-0.1, -0.05) is 29.3 Å². The molecule has 0 atom stereocenters.